The molecule has 0 atom stereocenters. The number of benzene rings is 2. The van der Waals surface area contributed by atoms with Gasteiger partial charge in [-0.15, -0.1) is 0 Å². The Kier molecular flexibility index (Phi) is 6.74. The molecule has 0 aromatic heterocycles. The van der Waals surface area contributed by atoms with Gasteiger partial charge in [0.2, 0.25) is 0 Å². The molecule has 0 radical (unpaired) electrons. The number of carbonyl (C=O) groups is 2. The second kappa shape index (κ2) is 9.22. The van der Waals surface area contributed by atoms with Gasteiger partial charge in [-0.2, -0.15) is 0 Å². The molecule has 2 aromatic rings. The smallest absolute Gasteiger partial charge is 0.336 e. The van der Waals surface area contributed by atoms with E-state index < -0.39 is 11.9 Å². The highest BCUT2D eigenvalue weighted by molar-refractivity contribution is 5.89. The molecule has 26 heavy (non-hydrogen) atoms. The second-order valence-electron chi connectivity index (χ2n) is 5.73. The van der Waals surface area contributed by atoms with Crippen LogP contribution in [0.3, 0.4) is 0 Å². The molecule has 0 bridgehead atoms. The van der Waals surface area contributed by atoms with Crippen molar-refractivity contribution in [1.29, 1.82) is 0 Å². The molecule has 2 aromatic carbocycles. The van der Waals surface area contributed by atoms with Crippen LogP contribution in [0.1, 0.15) is 25.0 Å². The van der Waals surface area contributed by atoms with Crippen molar-refractivity contribution in [3.8, 4) is 11.5 Å². The zero-order chi connectivity index (χ0) is 18.9. The summed E-state index contributed by atoms with van der Waals surface area (Å²) in [5.74, 6) is -0.361. The molecule has 0 saturated carbocycles. The Morgan fingerprint density at radius 2 is 1.35 bits per heavy atom. The summed E-state index contributed by atoms with van der Waals surface area (Å²) in [4.78, 5) is 22.3. The minimum absolute atomic E-state index is 0.109. The minimum Gasteiger partial charge on any atom is -0.491 e. The van der Waals surface area contributed by atoms with Gasteiger partial charge in [0.15, 0.2) is 0 Å². The third-order valence-electron chi connectivity index (χ3n) is 3.18. The van der Waals surface area contributed by atoms with Crippen LogP contribution >= 0.6 is 0 Å². The summed E-state index contributed by atoms with van der Waals surface area (Å²) in [6.07, 6.45) is 5.61. The first-order valence-electron chi connectivity index (χ1n) is 8.10. The number of rotatable bonds is 7. The maximum absolute atomic E-state index is 11.9. The summed E-state index contributed by atoms with van der Waals surface area (Å²) < 4.78 is 10.8. The predicted molar refractivity (Wildman–Crippen MR) is 100.0 cm³/mol. The molecule has 5 heteroatoms. The molecule has 2 rings (SSSR count). The molecular formula is C21H20O5. The first kappa shape index (κ1) is 19.0. The van der Waals surface area contributed by atoms with Crippen molar-refractivity contribution in [2.75, 3.05) is 0 Å². The fourth-order valence-electron chi connectivity index (χ4n) is 2.06. The number of hydrogen-bond donors (Lipinski definition) is 1. The van der Waals surface area contributed by atoms with Crippen molar-refractivity contribution < 1.29 is 24.2 Å². The molecule has 0 aliphatic heterocycles. The molecule has 0 aliphatic rings. The Morgan fingerprint density at radius 3 is 1.85 bits per heavy atom. The van der Waals surface area contributed by atoms with E-state index in [2.05, 4.69) is 0 Å². The summed E-state index contributed by atoms with van der Waals surface area (Å²) in [6, 6.07) is 13.9. The van der Waals surface area contributed by atoms with E-state index >= 15 is 0 Å². The standard InChI is InChI=1S/C21H20O5/c1-15(2)25-18-9-3-17(4-10-18)8-14-21(24)26-19-11-5-16(6-12-19)7-13-20(22)23/h3-15H,1-2H3,(H,22,23)/b13-7+,14-8+. The molecule has 0 aliphatic carbocycles. The molecular weight excluding hydrogens is 332 g/mol. The minimum atomic E-state index is -1.02. The van der Waals surface area contributed by atoms with Gasteiger partial charge in [-0.25, -0.2) is 9.59 Å². The monoisotopic (exact) mass is 352 g/mol. The van der Waals surface area contributed by atoms with E-state index in [1.54, 1.807) is 30.3 Å². The molecule has 134 valence electrons. The van der Waals surface area contributed by atoms with E-state index in [9.17, 15) is 9.59 Å². The van der Waals surface area contributed by atoms with Gasteiger partial charge in [0.05, 0.1) is 6.10 Å². The predicted octanol–water partition coefficient (Wildman–Crippen LogP) is 4.19. The average molecular weight is 352 g/mol. The molecule has 0 heterocycles. The lowest BCUT2D eigenvalue weighted by Gasteiger charge is -2.09. The highest BCUT2D eigenvalue weighted by Crippen LogP contribution is 2.16. The van der Waals surface area contributed by atoms with Crippen LogP contribution in [0.25, 0.3) is 12.2 Å². The van der Waals surface area contributed by atoms with Gasteiger partial charge in [-0.1, -0.05) is 24.3 Å². The van der Waals surface area contributed by atoms with Crippen molar-refractivity contribution in [3.05, 3.63) is 71.8 Å². The van der Waals surface area contributed by atoms with Crippen molar-refractivity contribution in [2.24, 2.45) is 0 Å². The van der Waals surface area contributed by atoms with Crippen LogP contribution in [0, 0.1) is 0 Å². The van der Waals surface area contributed by atoms with Gasteiger partial charge in [0.1, 0.15) is 11.5 Å². The lowest BCUT2D eigenvalue weighted by Crippen LogP contribution is -2.05. The van der Waals surface area contributed by atoms with Crippen molar-refractivity contribution >= 4 is 24.1 Å². The van der Waals surface area contributed by atoms with Gasteiger partial charge >= 0.3 is 11.9 Å². The maximum atomic E-state index is 11.9. The molecule has 5 nitrogen and oxygen atoms in total. The normalized spacial score (nSPS) is 11.2. The Balaban J connectivity index is 1.91. The SMILES string of the molecule is CC(C)Oc1ccc(/C=C/C(=O)Oc2ccc(/C=C/C(=O)O)cc2)cc1. The number of carbonyl (C=O) groups excluding carboxylic acids is 1. The number of carboxylic acids is 1. The molecule has 0 amide bonds. The number of aliphatic carboxylic acids is 1. The van der Waals surface area contributed by atoms with E-state index in [4.69, 9.17) is 14.6 Å². The van der Waals surface area contributed by atoms with Gasteiger partial charge in [-0.3, -0.25) is 0 Å². The van der Waals surface area contributed by atoms with Crippen LogP contribution in [-0.2, 0) is 9.59 Å². The van der Waals surface area contributed by atoms with E-state index in [0.29, 0.717) is 11.3 Å². The van der Waals surface area contributed by atoms with Crippen molar-refractivity contribution in [2.45, 2.75) is 20.0 Å². The Hall–Kier alpha value is -3.34. The Bertz CT molecular complexity index is 799. The average Bonchev–Trinajstić information content (AvgIpc) is 2.60. The van der Waals surface area contributed by atoms with Crippen LogP contribution in [-0.4, -0.2) is 23.1 Å². The third kappa shape index (κ3) is 6.65. The van der Waals surface area contributed by atoms with E-state index in [1.165, 1.54) is 12.2 Å². The number of hydrogen-bond acceptors (Lipinski definition) is 4. The lowest BCUT2D eigenvalue weighted by atomic mass is 10.2. The molecule has 0 spiro atoms. The summed E-state index contributed by atoms with van der Waals surface area (Å²) in [6.45, 7) is 3.91. The van der Waals surface area contributed by atoms with Crippen LogP contribution in [0.4, 0.5) is 0 Å². The fourth-order valence-corrected chi connectivity index (χ4v) is 2.06. The third-order valence-corrected chi connectivity index (χ3v) is 3.18. The van der Waals surface area contributed by atoms with Crippen LogP contribution in [0.15, 0.2) is 60.7 Å². The zero-order valence-corrected chi connectivity index (χ0v) is 14.6. The summed E-state index contributed by atoms with van der Waals surface area (Å²) >= 11 is 0. The maximum Gasteiger partial charge on any atom is 0.336 e. The van der Waals surface area contributed by atoms with Crippen LogP contribution < -0.4 is 9.47 Å². The van der Waals surface area contributed by atoms with Gasteiger partial charge in [0.25, 0.3) is 0 Å². The van der Waals surface area contributed by atoms with Crippen molar-refractivity contribution in [1.82, 2.24) is 0 Å². The first-order chi connectivity index (χ1) is 12.4. The zero-order valence-electron chi connectivity index (χ0n) is 14.6. The van der Waals surface area contributed by atoms with Crippen LogP contribution in [0.5, 0.6) is 11.5 Å². The summed E-state index contributed by atoms with van der Waals surface area (Å²) in [5, 5.41) is 8.58. The fraction of sp³-hybridized carbons (Fsp3) is 0.143. The van der Waals surface area contributed by atoms with E-state index in [1.807, 2.05) is 38.1 Å². The first-order valence-corrected chi connectivity index (χ1v) is 8.10. The summed E-state index contributed by atoms with van der Waals surface area (Å²) in [5.41, 5.74) is 1.55. The largest absolute Gasteiger partial charge is 0.491 e. The van der Waals surface area contributed by atoms with Gasteiger partial charge in [0, 0.05) is 12.2 Å². The Morgan fingerprint density at radius 1 is 0.846 bits per heavy atom. The van der Waals surface area contributed by atoms with Gasteiger partial charge < -0.3 is 14.6 Å². The number of esters is 1. The highest BCUT2D eigenvalue weighted by Gasteiger charge is 2.01. The molecule has 1 N–H and O–H groups in total. The Labute approximate surface area is 152 Å². The molecule has 0 unspecified atom stereocenters. The van der Waals surface area contributed by atoms with Crippen molar-refractivity contribution in [3.63, 3.8) is 0 Å². The second-order valence-corrected chi connectivity index (χ2v) is 5.73. The van der Waals surface area contributed by atoms with Gasteiger partial charge in [-0.05, 0) is 61.4 Å². The highest BCUT2D eigenvalue weighted by atomic mass is 16.5. The summed E-state index contributed by atoms with van der Waals surface area (Å²) in [7, 11) is 0. The lowest BCUT2D eigenvalue weighted by molar-refractivity contribution is -0.131. The number of carboxylic acid groups (broad SMARTS) is 1. The molecule has 0 saturated heterocycles. The topological polar surface area (TPSA) is 72.8 Å². The molecule has 0 fully saturated rings. The van der Waals surface area contributed by atoms with Crippen LogP contribution in [0.2, 0.25) is 0 Å². The van der Waals surface area contributed by atoms with E-state index in [-0.39, 0.29) is 6.10 Å². The quantitative estimate of drug-likeness (QED) is 0.459. The van der Waals surface area contributed by atoms with E-state index in [0.717, 1.165) is 17.4 Å². The number of ether oxygens (including phenoxy) is 2.